The first-order valence-corrected chi connectivity index (χ1v) is 12.1. The van der Waals surface area contributed by atoms with Crippen LogP contribution in [-0.4, -0.2) is 67.3 Å². The van der Waals surface area contributed by atoms with Gasteiger partial charge in [-0.2, -0.15) is 31.4 Å². The fourth-order valence-corrected chi connectivity index (χ4v) is 3.74. The maximum atomic E-state index is 10.6. The van der Waals surface area contributed by atoms with Gasteiger partial charge in [-0.1, -0.05) is 11.6 Å². The molecule has 226 valence electrons. The second-order valence-corrected chi connectivity index (χ2v) is 9.02. The van der Waals surface area contributed by atoms with Crippen molar-refractivity contribution in [2.24, 2.45) is 0 Å². The highest BCUT2D eigenvalue weighted by Gasteiger charge is 2.38. The summed E-state index contributed by atoms with van der Waals surface area (Å²) >= 11 is 6.04. The van der Waals surface area contributed by atoms with Crippen molar-refractivity contribution in [3.05, 3.63) is 47.9 Å². The zero-order chi connectivity index (χ0) is 31.2. The van der Waals surface area contributed by atoms with Crippen molar-refractivity contribution >= 4 is 40.5 Å². The van der Waals surface area contributed by atoms with Gasteiger partial charge in [0, 0.05) is 34.6 Å². The van der Waals surface area contributed by atoms with E-state index in [0.29, 0.717) is 33.9 Å². The molecule has 0 radical (unpaired) electrons. The van der Waals surface area contributed by atoms with Crippen molar-refractivity contribution in [1.82, 2.24) is 25.1 Å². The number of piperidine rings is 1. The summed E-state index contributed by atoms with van der Waals surface area (Å²) in [6.07, 6.45) is -2.32. The molecule has 0 saturated carbocycles. The van der Waals surface area contributed by atoms with E-state index in [1.54, 1.807) is 18.3 Å². The Morgan fingerprint density at radius 3 is 2.17 bits per heavy atom. The summed E-state index contributed by atoms with van der Waals surface area (Å²) in [4.78, 5) is 26.7. The number of anilines is 1. The number of fused-ring (bicyclic) bond motifs is 1. The number of hydrogen-bond donors (Lipinski definition) is 4. The standard InChI is InChI=1S/C20H19ClN6O.2C2HF3O2/c21-14-1-2-17-18(8-14)28-20(26-17)16-7-12(9-24-19(16)22)13-10-25-27(11-13)15-3-5-23-6-4-15;2*3-2(4,5)1(6)7/h1-2,7-11,15,23H,3-6H2,(H2,22,24);2*(H,6,7). The molecule has 42 heavy (non-hydrogen) atoms. The lowest BCUT2D eigenvalue weighted by molar-refractivity contribution is -0.193. The second kappa shape index (κ2) is 13.1. The molecule has 1 aliphatic heterocycles. The lowest BCUT2D eigenvalue weighted by atomic mass is 10.1. The number of carbonyl (C=O) groups is 2. The Bertz CT molecular complexity index is 1520. The lowest BCUT2D eigenvalue weighted by Crippen LogP contribution is -2.29. The van der Waals surface area contributed by atoms with Crippen LogP contribution in [0.3, 0.4) is 0 Å². The molecule has 4 aromatic rings. The van der Waals surface area contributed by atoms with E-state index in [4.69, 9.17) is 41.6 Å². The molecule has 1 aromatic carbocycles. The molecule has 3 aromatic heterocycles. The van der Waals surface area contributed by atoms with E-state index in [9.17, 15) is 26.3 Å². The van der Waals surface area contributed by atoms with Gasteiger partial charge in [0.05, 0.1) is 17.8 Å². The van der Waals surface area contributed by atoms with E-state index in [0.717, 1.165) is 42.6 Å². The fourth-order valence-electron chi connectivity index (χ4n) is 3.58. The highest BCUT2D eigenvalue weighted by atomic mass is 35.5. The number of benzene rings is 1. The minimum atomic E-state index is -5.08. The largest absolute Gasteiger partial charge is 0.490 e. The van der Waals surface area contributed by atoms with Gasteiger partial charge < -0.3 is 25.7 Å². The quantitative estimate of drug-likeness (QED) is 0.223. The van der Waals surface area contributed by atoms with E-state index in [-0.39, 0.29) is 0 Å². The average Bonchev–Trinajstić information content (AvgIpc) is 3.57. The van der Waals surface area contributed by atoms with E-state index in [1.165, 1.54) is 0 Å². The molecular weight excluding hydrogens is 602 g/mol. The first kappa shape index (κ1) is 32.1. The van der Waals surface area contributed by atoms with Gasteiger partial charge in [0.15, 0.2) is 5.58 Å². The van der Waals surface area contributed by atoms with Crippen molar-refractivity contribution in [2.45, 2.75) is 31.2 Å². The summed E-state index contributed by atoms with van der Waals surface area (Å²) in [5, 5.41) is 22.8. The first-order valence-electron chi connectivity index (χ1n) is 11.7. The average molecular weight is 623 g/mol. The smallest absolute Gasteiger partial charge is 0.475 e. The number of carboxylic acids is 2. The molecule has 1 aliphatic rings. The van der Waals surface area contributed by atoms with Crippen LogP contribution in [0.2, 0.25) is 5.02 Å². The third kappa shape index (κ3) is 8.56. The Morgan fingerprint density at radius 2 is 1.60 bits per heavy atom. The number of alkyl halides is 6. The Balaban J connectivity index is 0.000000289. The summed E-state index contributed by atoms with van der Waals surface area (Å²) in [5.74, 6) is -4.72. The summed E-state index contributed by atoms with van der Waals surface area (Å²) in [6.45, 7) is 2.05. The van der Waals surface area contributed by atoms with Crippen molar-refractivity contribution in [1.29, 1.82) is 0 Å². The normalized spacial score (nSPS) is 14.0. The van der Waals surface area contributed by atoms with Crippen LogP contribution in [0.5, 0.6) is 0 Å². The van der Waals surface area contributed by atoms with E-state index in [1.807, 2.05) is 23.0 Å². The predicted molar refractivity (Wildman–Crippen MR) is 136 cm³/mol. The van der Waals surface area contributed by atoms with Crippen LogP contribution in [0, 0.1) is 0 Å². The molecular formula is C24H21ClF6N6O5. The predicted octanol–water partition coefficient (Wildman–Crippen LogP) is 5.18. The van der Waals surface area contributed by atoms with Crippen molar-refractivity contribution in [2.75, 3.05) is 18.8 Å². The number of carboxylic acid groups (broad SMARTS) is 2. The minimum Gasteiger partial charge on any atom is -0.475 e. The monoisotopic (exact) mass is 622 g/mol. The number of nitrogens with one attached hydrogen (secondary N) is 1. The first-order chi connectivity index (χ1) is 19.6. The molecule has 5 N–H and O–H groups in total. The van der Waals surface area contributed by atoms with Crippen molar-refractivity contribution in [3.8, 4) is 22.6 Å². The summed E-state index contributed by atoms with van der Waals surface area (Å²) in [7, 11) is 0. The molecule has 18 heteroatoms. The highest BCUT2D eigenvalue weighted by molar-refractivity contribution is 6.31. The van der Waals surface area contributed by atoms with Crippen molar-refractivity contribution in [3.63, 3.8) is 0 Å². The molecule has 5 rings (SSSR count). The lowest BCUT2D eigenvalue weighted by Gasteiger charge is -2.22. The molecule has 0 unspecified atom stereocenters. The van der Waals surface area contributed by atoms with Gasteiger partial charge >= 0.3 is 24.3 Å². The van der Waals surface area contributed by atoms with E-state index in [2.05, 4.69) is 26.6 Å². The van der Waals surface area contributed by atoms with Crippen LogP contribution in [0.15, 0.2) is 47.3 Å². The molecule has 0 aliphatic carbocycles. The number of aromatic nitrogens is 4. The van der Waals surface area contributed by atoms with E-state index >= 15 is 0 Å². The Labute approximate surface area is 236 Å². The Kier molecular flexibility index (Phi) is 10.0. The third-order valence-corrected chi connectivity index (χ3v) is 5.84. The number of nitrogens with two attached hydrogens (primary N) is 1. The van der Waals surface area contributed by atoms with Gasteiger partial charge in [-0.3, -0.25) is 4.68 Å². The number of rotatable bonds is 3. The van der Waals surface area contributed by atoms with Crippen LogP contribution in [-0.2, 0) is 9.59 Å². The number of aliphatic carboxylic acids is 2. The Hall–Kier alpha value is -4.38. The number of hydrogen-bond acceptors (Lipinski definition) is 8. The summed E-state index contributed by atoms with van der Waals surface area (Å²) < 4.78 is 71.4. The highest BCUT2D eigenvalue weighted by Crippen LogP contribution is 2.32. The van der Waals surface area contributed by atoms with Gasteiger partial charge in [0.25, 0.3) is 0 Å². The van der Waals surface area contributed by atoms with Gasteiger partial charge in [-0.25, -0.2) is 19.6 Å². The van der Waals surface area contributed by atoms with Crippen LogP contribution < -0.4 is 11.1 Å². The maximum Gasteiger partial charge on any atom is 0.490 e. The number of pyridine rings is 1. The summed E-state index contributed by atoms with van der Waals surface area (Å²) in [6, 6.07) is 7.71. The number of nitrogen functional groups attached to an aromatic ring is 1. The minimum absolute atomic E-state index is 0.368. The van der Waals surface area contributed by atoms with E-state index < -0.39 is 24.3 Å². The maximum absolute atomic E-state index is 10.6. The topological polar surface area (TPSA) is 169 Å². The Morgan fingerprint density at radius 1 is 1.00 bits per heavy atom. The van der Waals surface area contributed by atoms with Crippen LogP contribution in [0.25, 0.3) is 33.7 Å². The van der Waals surface area contributed by atoms with Crippen LogP contribution in [0.1, 0.15) is 18.9 Å². The van der Waals surface area contributed by atoms with Crippen LogP contribution in [0.4, 0.5) is 32.2 Å². The van der Waals surface area contributed by atoms with Gasteiger partial charge in [-0.15, -0.1) is 0 Å². The van der Waals surface area contributed by atoms with Crippen molar-refractivity contribution < 1.29 is 50.6 Å². The number of oxazole rings is 1. The second-order valence-electron chi connectivity index (χ2n) is 8.58. The molecule has 0 amide bonds. The van der Waals surface area contributed by atoms with Gasteiger partial charge in [0.1, 0.15) is 11.3 Å². The third-order valence-electron chi connectivity index (χ3n) is 5.60. The fraction of sp³-hybridized carbons (Fsp3) is 0.292. The molecule has 0 atom stereocenters. The molecule has 1 saturated heterocycles. The molecule has 1 fully saturated rings. The zero-order valence-corrected chi connectivity index (χ0v) is 21.8. The van der Waals surface area contributed by atoms with Crippen LogP contribution >= 0.6 is 11.6 Å². The molecule has 0 bridgehead atoms. The SMILES string of the molecule is Nc1ncc(-c2cnn(C3CCNCC3)c2)cc1-c1nc2ccc(Cl)cc2o1.O=C(O)C(F)(F)F.O=C(O)C(F)(F)F. The van der Waals surface area contributed by atoms with Gasteiger partial charge in [0.2, 0.25) is 5.89 Å². The van der Waals surface area contributed by atoms with Gasteiger partial charge in [-0.05, 0) is 44.1 Å². The summed E-state index contributed by atoms with van der Waals surface area (Å²) in [5.41, 5.74) is 10.0. The molecule has 11 nitrogen and oxygen atoms in total. The number of halogens is 7. The molecule has 4 heterocycles. The number of nitrogens with zero attached hydrogens (tertiary/aromatic N) is 4. The molecule has 0 spiro atoms. The zero-order valence-electron chi connectivity index (χ0n) is 21.1.